The Morgan fingerprint density at radius 3 is 1.88 bits per heavy atom. The van der Waals surface area contributed by atoms with Crippen molar-refractivity contribution in [2.45, 2.75) is 37.9 Å². The van der Waals surface area contributed by atoms with Gasteiger partial charge in [-0.1, -0.05) is 60.7 Å². The Morgan fingerprint density at radius 2 is 1.40 bits per heavy atom. The molecule has 5 nitrogen and oxygen atoms in total. The summed E-state index contributed by atoms with van der Waals surface area (Å²) in [6.07, 6.45) is -1.78. The molecule has 0 aliphatic rings. The molecule has 2 aromatic rings. The lowest BCUT2D eigenvalue weighted by Gasteiger charge is -2.29. The van der Waals surface area contributed by atoms with Crippen molar-refractivity contribution in [3.8, 4) is 0 Å². The lowest BCUT2D eigenvalue weighted by molar-refractivity contribution is -0.146. The summed E-state index contributed by atoms with van der Waals surface area (Å²) in [7, 11) is 0. The SMILES string of the molecule is O=CC[C@H](OCc1ccccc1)[C@@H](OCc1ccccc1)[C@H](O)CO. The Labute approximate surface area is 147 Å². The molecular weight excluding hydrogens is 320 g/mol. The molecule has 2 rings (SSSR count). The number of hydrogen-bond donors (Lipinski definition) is 2. The molecule has 0 heterocycles. The lowest BCUT2D eigenvalue weighted by Crippen LogP contribution is -2.43. The average molecular weight is 344 g/mol. The molecule has 3 atom stereocenters. The number of carbonyl (C=O) groups excluding carboxylic acids is 1. The van der Waals surface area contributed by atoms with E-state index in [1.807, 2.05) is 60.7 Å². The molecule has 0 aliphatic heterocycles. The number of aliphatic hydroxyl groups excluding tert-OH is 2. The van der Waals surface area contributed by atoms with Crippen molar-refractivity contribution in [1.82, 2.24) is 0 Å². The molecule has 134 valence electrons. The van der Waals surface area contributed by atoms with Crippen molar-refractivity contribution in [1.29, 1.82) is 0 Å². The Balaban J connectivity index is 2.03. The van der Waals surface area contributed by atoms with Gasteiger partial charge in [0.1, 0.15) is 18.5 Å². The first-order valence-corrected chi connectivity index (χ1v) is 8.28. The molecule has 0 aromatic heterocycles. The predicted molar refractivity (Wildman–Crippen MR) is 93.8 cm³/mol. The molecule has 0 aliphatic carbocycles. The van der Waals surface area contributed by atoms with E-state index in [0.29, 0.717) is 6.61 Å². The Kier molecular flexibility index (Phi) is 8.28. The topological polar surface area (TPSA) is 76.0 Å². The van der Waals surface area contributed by atoms with Crippen molar-refractivity contribution in [3.05, 3.63) is 71.8 Å². The van der Waals surface area contributed by atoms with Gasteiger partial charge in [0.15, 0.2) is 0 Å². The fourth-order valence-electron chi connectivity index (χ4n) is 2.51. The molecule has 0 amide bonds. The number of carbonyl (C=O) groups is 1. The van der Waals surface area contributed by atoms with Crippen LogP contribution in [0.4, 0.5) is 0 Å². The molecule has 0 saturated heterocycles. The predicted octanol–water partition coefficient (Wildman–Crippen LogP) is 2.10. The lowest BCUT2D eigenvalue weighted by atomic mass is 10.1. The first-order valence-electron chi connectivity index (χ1n) is 8.28. The van der Waals surface area contributed by atoms with Gasteiger partial charge in [-0.2, -0.15) is 0 Å². The highest BCUT2D eigenvalue weighted by molar-refractivity contribution is 5.50. The van der Waals surface area contributed by atoms with Gasteiger partial charge in [-0.05, 0) is 11.1 Å². The Bertz CT molecular complexity index is 602. The molecule has 0 saturated carbocycles. The van der Waals surface area contributed by atoms with Gasteiger partial charge in [0.2, 0.25) is 0 Å². The zero-order valence-corrected chi connectivity index (χ0v) is 14.0. The van der Waals surface area contributed by atoms with E-state index in [4.69, 9.17) is 9.47 Å². The number of rotatable bonds is 11. The minimum atomic E-state index is -1.13. The third kappa shape index (κ3) is 6.40. The monoisotopic (exact) mass is 344 g/mol. The third-order valence-corrected chi connectivity index (χ3v) is 3.85. The minimum Gasteiger partial charge on any atom is -0.394 e. The van der Waals surface area contributed by atoms with Crippen molar-refractivity contribution in [2.75, 3.05) is 6.61 Å². The summed E-state index contributed by atoms with van der Waals surface area (Å²) < 4.78 is 11.6. The maximum Gasteiger partial charge on any atom is 0.122 e. The van der Waals surface area contributed by atoms with Crippen molar-refractivity contribution in [3.63, 3.8) is 0 Å². The van der Waals surface area contributed by atoms with Crippen LogP contribution in [0.15, 0.2) is 60.7 Å². The van der Waals surface area contributed by atoms with Crippen molar-refractivity contribution < 1.29 is 24.5 Å². The number of hydrogen-bond acceptors (Lipinski definition) is 5. The van der Waals surface area contributed by atoms with Gasteiger partial charge >= 0.3 is 0 Å². The molecule has 0 spiro atoms. The van der Waals surface area contributed by atoms with Crippen LogP contribution in [0.25, 0.3) is 0 Å². The molecule has 0 radical (unpaired) electrons. The standard InChI is InChI=1S/C20H24O5/c21-12-11-19(24-14-16-7-3-1-4-8-16)20(18(23)13-22)25-15-17-9-5-2-6-10-17/h1-10,12,18-20,22-23H,11,13-15H2/t18-,19+,20+/m1/s1. The first-order chi connectivity index (χ1) is 12.2. The fourth-order valence-corrected chi connectivity index (χ4v) is 2.51. The van der Waals surface area contributed by atoms with E-state index in [9.17, 15) is 15.0 Å². The second kappa shape index (κ2) is 10.7. The van der Waals surface area contributed by atoms with Crippen molar-refractivity contribution >= 4 is 6.29 Å². The second-order valence-corrected chi connectivity index (χ2v) is 5.75. The van der Waals surface area contributed by atoms with Crippen LogP contribution in [0.5, 0.6) is 0 Å². The molecule has 0 unspecified atom stereocenters. The molecule has 2 aromatic carbocycles. The van der Waals surface area contributed by atoms with E-state index in [1.54, 1.807) is 0 Å². The largest absolute Gasteiger partial charge is 0.394 e. The quantitative estimate of drug-likeness (QED) is 0.611. The molecule has 0 fully saturated rings. The van der Waals surface area contributed by atoms with E-state index in [1.165, 1.54) is 0 Å². The summed E-state index contributed by atoms with van der Waals surface area (Å²) >= 11 is 0. The van der Waals surface area contributed by atoms with Gasteiger partial charge in [0, 0.05) is 6.42 Å². The molecule has 2 N–H and O–H groups in total. The number of aliphatic hydroxyl groups is 2. The molecular formula is C20H24O5. The number of benzene rings is 2. The average Bonchev–Trinajstić information content (AvgIpc) is 2.67. The first kappa shape index (κ1) is 19.3. The van der Waals surface area contributed by atoms with Gasteiger partial charge < -0.3 is 24.5 Å². The highest BCUT2D eigenvalue weighted by Gasteiger charge is 2.29. The smallest absolute Gasteiger partial charge is 0.122 e. The number of ether oxygens (including phenoxy) is 2. The normalized spacial score (nSPS) is 14.6. The summed E-state index contributed by atoms with van der Waals surface area (Å²) in [4.78, 5) is 11.0. The molecule has 0 bridgehead atoms. The van der Waals surface area contributed by atoms with E-state index < -0.39 is 24.9 Å². The fraction of sp³-hybridized carbons (Fsp3) is 0.350. The Morgan fingerprint density at radius 1 is 0.880 bits per heavy atom. The van der Waals surface area contributed by atoms with Crippen LogP contribution in [0.1, 0.15) is 17.5 Å². The van der Waals surface area contributed by atoms with E-state index in [-0.39, 0.29) is 13.0 Å². The zero-order chi connectivity index (χ0) is 17.9. The summed E-state index contributed by atoms with van der Waals surface area (Å²) in [6.45, 7) is 0.0822. The second-order valence-electron chi connectivity index (χ2n) is 5.75. The van der Waals surface area contributed by atoms with Crippen molar-refractivity contribution in [2.24, 2.45) is 0 Å². The van der Waals surface area contributed by atoms with Gasteiger partial charge in [0.25, 0.3) is 0 Å². The maximum absolute atomic E-state index is 11.0. The summed E-state index contributed by atoms with van der Waals surface area (Å²) in [5.74, 6) is 0. The van der Waals surface area contributed by atoms with Crippen LogP contribution in [0.2, 0.25) is 0 Å². The minimum absolute atomic E-state index is 0.0728. The summed E-state index contributed by atoms with van der Waals surface area (Å²) in [5.41, 5.74) is 1.89. The highest BCUT2D eigenvalue weighted by Crippen LogP contribution is 2.17. The van der Waals surface area contributed by atoms with Crippen LogP contribution < -0.4 is 0 Å². The van der Waals surface area contributed by atoms with Gasteiger partial charge in [0.05, 0.1) is 25.9 Å². The van der Waals surface area contributed by atoms with Gasteiger partial charge in [-0.25, -0.2) is 0 Å². The van der Waals surface area contributed by atoms with Crippen LogP contribution in [-0.2, 0) is 27.5 Å². The Hall–Kier alpha value is -2.05. The summed E-state index contributed by atoms with van der Waals surface area (Å²) in [5, 5.41) is 19.4. The van der Waals surface area contributed by atoms with E-state index in [0.717, 1.165) is 17.4 Å². The van der Waals surface area contributed by atoms with Crippen LogP contribution in [0, 0.1) is 0 Å². The summed E-state index contributed by atoms with van der Waals surface area (Å²) in [6, 6.07) is 19.1. The van der Waals surface area contributed by atoms with Crippen LogP contribution in [-0.4, -0.2) is 41.4 Å². The zero-order valence-electron chi connectivity index (χ0n) is 14.0. The third-order valence-electron chi connectivity index (χ3n) is 3.85. The number of aldehydes is 1. The highest BCUT2D eigenvalue weighted by atomic mass is 16.5. The van der Waals surface area contributed by atoms with Crippen LogP contribution >= 0.6 is 0 Å². The van der Waals surface area contributed by atoms with E-state index >= 15 is 0 Å². The van der Waals surface area contributed by atoms with Crippen LogP contribution in [0.3, 0.4) is 0 Å². The maximum atomic E-state index is 11.0. The van der Waals surface area contributed by atoms with Gasteiger partial charge in [-0.3, -0.25) is 0 Å². The molecule has 5 heteroatoms. The molecule has 25 heavy (non-hydrogen) atoms. The van der Waals surface area contributed by atoms with Gasteiger partial charge in [-0.15, -0.1) is 0 Å². The van der Waals surface area contributed by atoms with E-state index in [2.05, 4.69) is 0 Å².